The number of ether oxygens (including phenoxy) is 1. The molecule has 0 radical (unpaired) electrons. The molecular formula is C24H23F3N4O3S. The predicted octanol–water partition coefficient (Wildman–Crippen LogP) is 5.02. The van der Waals surface area contributed by atoms with Crippen LogP contribution in [0.2, 0.25) is 0 Å². The largest absolute Gasteiger partial charge is 0.497 e. The van der Waals surface area contributed by atoms with Crippen LogP contribution in [0.25, 0.3) is 27.3 Å². The standard InChI is InChI=1S/C24H23F3N4O3S/c1-13(2)21-19(14-5-4-6-16(11-14)34-3)29-23(35-21)31-18-8-7-15(24(25,26)27)12-17(18)20(30-31)22(33)28-9-10-32/h4-8,11-13,32H,9-10H2,1-3H3,(H,28,33). The number of aliphatic hydroxyl groups excluding tert-OH is 1. The van der Waals surface area contributed by atoms with Crippen molar-refractivity contribution in [1.82, 2.24) is 20.1 Å². The van der Waals surface area contributed by atoms with E-state index < -0.39 is 17.6 Å². The fourth-order valence-corrected chi connectivity index (χ4v) is 4.70. The summed E-state index contributed by atoms with van der Waals surface area (Å²) < 4.78 is 46.9. The molecule has 2 N–H and O–H groups in total. The first-order valence-electron chi connectivity index (χ1n) is 10.8. The average Bonchev–Trinajstić information content (AvgIpc) is 3.44. The van der Waals surface area contributed by atoms with Crippen LogP contribution in [0, 0.1) is 0 Å². The van der Waals surface area contributed by atoms with Gasteiger partial charge in [0.25, 0.3) is 5.91 Å². The minimum absolute atomic E-state index is 0.0412. The number of benzene rings is 2. The third kappa shape index (κ3) is 4.87. The van der Waals surface area contributed by atoms with Crippen molar-refractivity contribution in [2.45, 2.75) is 25.9 Å². The number of halogens is 3. The summed E-state index contributed by atoms with van der Waals surface area (Å²) in [5, 5.41) is 16.3. The van der Waals surface area contributed by atoms with Crippen molar-refractivity contribution in [2.75, 3.05) is 20.3 Å². The number of hydrogen-bond donors (Lipinski definition) is 2. The van der Waals surface area contributed by atoms with E-state index in [9.17, 15) is 18.0 Å². The molecule has 0 aliphatic rings. The fraction of sp³-hybridized carbons (Fsp3) is 0.292. The van der Waals surface area contributed by atoms with Crippen molar-refractivity contribution in [3.05, 3.63) is 58.6 Å². The number of nitrogens with one attached hydrogen (secondary N) is 1. The number of fused-ring (bicyclic) bond motifs is 1. The summed E-state index contributed by atoms with van der Waals surface area (Å²) in [6.07, 6.45) is -4.58. The number of aliphatic hydroxyl groups is 1. The van der Waals surface area contributed by atoms with Crippen LogP contribution in [0.15, 0.2) is 42.5 Å². The average molecular weight is 505 g/mol. The summed E-state index contributed by atoms with van der Waals surface area (Å²) in [6.45, 7) is 3.67. The van der Waals surface area contributed by atoms with E-state index in [0.29, 0.717) is 22.1 Å². The van der Waals surface area contributed by atoms with Gasteiger partial charge in [0.15, 0.2) is 5.69 Å². The highest BCUT2D eigenvalue weighted by atomic mass is 32.1. The van der Waals surface area contributed by atoms with Gasteiger partial charge in [0.2, 0.25) is 5.13 Å². The smallest absolute Gasteiger partial charge is 0.416 e. The van der Waals surface area contributed by atoms with Crippen LogP contribution in [0.3, 0.4) is 0 Å². The van der Waals surface area contributed by atoms with Gasteiger partial charge in [-0.3, -0.25) is 4.79 Å². The molecule has 0 unspecified atom stereocenters. The Morgan fingerprint density at radius 3 is 2.66 bits per heavy atom. The minimum Gasteiger partial charge on any atom is -0.497 e. The molecule has 2 heterocycles. The molecular weight excluding hydrogens is 481 g/mol. The molecule has 4 rings (SSSR count). The number of amides is 1. The van der Waals surface area contributed by atoms with Gasteiger partial charge in [0, 0.05) is 22.4 Å². The lowest BCUT2D eigenvalue weighted by molar-refractivity contribution is -0.137. The lowest BCUT2D eigenvalue weighted by Gasteiger charge is -2.07. The van der Waals surface area contributed by atoms with E-state index in [4.69, 9.17) is 14.8 Å². The van der Waals surface area contributed by atoms with Gasteiger partial charge in [-0.2, -0.15) is 18.3 Å². The Hall–Kier alpha value is -3.44. The maximum absolute atomic E-state index is 13.4. The molecule has 7 nitrogen and oxygen atoms in total. The number of carbonyl (C=O) groups excluding carboxylic acids is 1. The first-order chi connectivity index (χ1) is 16.6. The monoisotopic (exact) mass is 504 g/mol. The van der Waals surface area contributed by atoms with Crippen LogP contribution in [0.4, 0.5) is 13.2 Å². The van der Waals surface area contributed by atoms with E-state index in [1.807, 2.05) is 38.1 Å². The molecule has 0 saturated heterocycles. The SMILES string of the molecule is COc1cccc(-c2nc(-n3nc(C(=O)NCCO)c4cc(C(F)(F)F)ccc43)sc2C(C)C)c1. The topological polar surface area (TPSA) is 89.3 Å². The quantitative estimate of drug-likeness (QED) is 0.369. The molecule has 0 aliphatic carbocycles. The summed E-state index contributed by atoms with van der Waals surface area (Å²) in [6, 6.07) is 10.6. The third-order valence-electron chi connectivity index (χ3n) is 5.31. The number of nitrogens with zero attached hydrogens (tertiary/aromatic N) is 3. The zero-order valence-electron chi connectivity index (χ0n) is 19.2. The second-order valence-electron chi connectivity index (χ2n) is 8.07. The van der Waals surface area contributed by atoms with Crippen molar-refractivity contribution in [2.24, 2.45) is 0 Å². The van der Waals surface area contributed by atoms with Gasteiger partial charge in [0.05, 0.1) is 30.5 Å². The number of methoxy groups -OCH3 is 1. The molecule has 0 saturated carbocycles. The van der Waals surface area contributed by atoms with Gasteiger partial charge < -0.3 is 15.2 Å². The lowest BCUT2D eigenvalue weighted by Crippen LogP contribution is -2.27. The zero-order chi connectivity index (χ0) is 25.3. The Kier molecular flexibility index (Phi) is 6.82. The van der Waals surface area contributed by atoms with Crippen molar-refractivity contribution in [1.29, 1.82) is 0 Å². The predicted molar refractivity (Wildman–Crippen MR) is 127 cm³/mol. The van der Waals surface area contributed by atoms with Crippen molar-refractivity contribution < 1.29 is 27.8 Å². The van der Waals surface area contributed by atoms with Crippen molar-refractivity contribution >= 4 is 28.1 Å². The van der Waals surface area contributed by atoms with Crippen LogP contribution in [0.1, 0.15) is 40.7 Å². The molecule has 2 aromatic carbocycles. The van der Waals surface area contributed by atoms with E-state index in [1.54, 1.807) is 7.11 Å². The van der Waals surface area contributed by atoms with Crippen LogP contribution in [0.5, 0.6) is 5.75 Å². The minimum atomic E-state index is -4.58. The van der Waals surface area contributed by atoms with Gasteiger partial charge in [-0.1, -0.05) is 37.3 Å². The summed E-state index contributed by atoms with van der Waals surface area (Å²) in [5.74, 6) is 0.0861. The lowest BCUT2D eigenvalue weighted by atomic mass is 10.1. The summed E-state index contributed by atoms with van der Waals surface area (Å²) >= 11 is 1.35. The molecule has 0 bridgehead atoms. The molecule has 184 valence electrons. The number of hydrogen-bond acceptors (Lipinski definition) is 6. The van der Waals surface area contributed by atoms with Crippen molar-refractivity contribution in [3.63, 3.8) is 0 Å². The first kappa shape index (κ1) is 24.7. The van der Waals surface area contributed by atoms with Crippen molar-refractivity contribution in [3.8, 4) is 22.1 Å². The van der Waals surface area contributed by atoms with Gasteiger partial charge in [-0.15, -0.1) is 0 Å². The highest BCUT2D eigenvalue weighted by Gasteiger charge is 2.32. The second-order valence-corrected chi connectivity index (χ2v) is 9.07. The molecule has 35 heavy (non-hydrogen) atoms. The van der Waals surface area contributed by atoms with E-state index >= 15 is 0 Å². The number of carbonyl (C=O) groups is 1. The number of alkyl halides is 3. The van der Waals surface area contributed by atoms with Crippen LogP contribution >= 0.6 is 11.3 Å². The van der Waals surface area contributed by atoms with Gasteiger partial charge >= 0.3 is 6.18 Å². The number of rotatable bonds is 7. The Morgan fingerprint density at radius 2 is 2.00 bits per heavy atom. The van der Waals surface area contributed by atoms with Gasteiger partial charge in [-0.25, -0.2) is 9.67 Å². The summed E-state index contributed by atoms with van der Waals surface area (Å²) in [5.41, 5.74) is 0.782. The molecule has 0 atom stereocenters. The van der Waals surface area contributed by atoms with Crippen LogP contribution in [-0.2, 0) is 6.18 Å². The van der Waals surface area contributed by atoms with E-state index in [1.165, 1.54) is 22.1 Å². The Labute approximate surface area is 203 Å². The summed E-state index contributed by atoms with van der Waals surface area (Å²) in [4.78, 5) is 18.4. The second kappa shape index (κ2) is 9.67. The van der Waals surface area contributed by atoms with Crippen LogP contribution in [-0.4, -0.2) is 46.0 Å². The highest BCUT2D eigenvalue weighted by molar-refractivity contribution is 7.14. The molecule has 0 aliphatic heterocycles. The Morgan fingerprint density at radius 1 is 1.23 bits per heavy atom. The molecule has 0 spiro atoms. The number of aromatic nitrogens is 3. The zero-order valence-corrected chi connectivity index (χ0v) is 20.0. The maximum Gasteiger partial charge on any atom is 0.416 e. The Bertz CT molecular complexity index is 1380. The third-order valence-corrected chi connectivity index (χ3v) is 6.64. The van der Waals surface area contributed by atoms with E-state index in [-0.39, 0.29) is 30.1 Å². The Balaban J connectivity index is 1.91. The molecule has 4 aromatic rings. The van der Waals surface area contributed by atoms with E-state index in [0.717, 1.165) is 22.6 Å². The summed E-state index contributed by atoms with van der Waals surface area (Å²) in [7, 11) is 1.57. The fourth-order valence-electron chi connectivity index (χ4n) is 3.64. The molecule has 1 amide bonds. The number of thiazole rings is 1. The van der Waals surface area contributed by atoms with E-state index in [2.05, 4.69) is 10.4 Å². The van der Waals surface area contributed by atoms with Gasteiger partial charge in [0.1, 0.15) is 5.75 Å². The normalized spacial score (nSPS) is 11.9. The maximum atomic E-state index is 13.4. The molecule has 2 aromatic heterocycles. The molecule has 11 heteroatoms. The highest BCUT2D eigenvalue weighted by Crippen LogP contribution is 2.38. The van der Waals surface area contributed by atoms with Gasteiger partial charge in [-0.05, 0) is 36.2 Å². The first-order valence-corrected chi connectivity index (χ1v) is 11.6. The molecule has 0 fully saturated rings. The van der Waals surface area contributed by atoms with Crippen LogP contribution < -0.4 is 10.1 Å².